The fourth-order valence-electron chi connectivity index (χ4n) is 3.94. The minimum atomic E-state index is -1.69. The van der Waals surface area contributed by atoms with Gasteiger partial charge >= 0.3 is 0 Å². The van der Waals surface area contributed by atoms with E-state index in [0.717, 1.165) is 0 Å². The smallest absolute Gasteiger partial charge is 0.170 e. The maximum absolute atomic E-state index is 12.8. The number of rotatable bonds is 3. The van der Waals surface area contributed by atoms with E-state index in [1.807, 2.05) is 0 Å². The monoisotopic (exact) mass is 434 g/mol. The summed E-state index contributed by atoms with van der Waals surface area (Å²) in [6, 6.07) is 6.53. The fraction of sp³-hybridized carbons (Fsp3) is 0.381. The van der Waals surface area contributed by atoms with Crippen molar-refractivity contribution in [2.45, 2.75) is 43.0 Å². The molecule has 2 heterocycles. The summed E-state index contributed by atoms with van der Waals surface area (Å²) in [4.78, 5) is 12.8. The molecular formula is C21H22O10. The van der Waals surface area contributed by atoms with Crippen molar-refractivity contribution in [1.82, 2.24) is 0 Å². The van der Waals surface area contributed by atoms with Crippen LogP contribution in [0.15, 0.2) is 30.3 Å². The Morgan fingerprint density at radius 3 is 2.29 bits per heavy atom. The van der Waals surface area contributed by atoms with Gasteiger partial charge in [-0.15, -0.1) is 0 Å². The van der Waals surface area contributed by atoms with Gasteiger partial charge in [-0.3, -0.25) is 4.79 Å². The van der Waals surface area contributed by atoms with Crippen LogP contribution in [0.2, 0.25) is 0 Å². The summed E-state index contributed by atoms with van der Waals surface area (Å²) in [5.41, 5.74) is 0.386. The fourth-order valence-corrected chi connectivity index (χ4v) is 3.94. The number of phenols is 3. The lowest BCUT2D eigenvalue weighted by molar-refractivity contribution is -0.232. The van der Waals surface area contributed by atoms with Gasteiger partial charge in [-0.05, 0) is 29.8 Å². The van der Waals surface area contributed by atoms with Gasteiger partial charge in [0.2, 0.25) is 0 Å². The molecule has 2 aromatic carbocycles. The summed E-state index contributed by atoms with van der Waals surface area (Å²) in [6.45, 7) is -0.660. The number of ketones is 1. The van der Waals surface area contributed by atoms with Crippen molar-refractivity contribution in [2.24, 2.45) is 0 Å². The second-order valence-corrected chi connectivity index (χ2v) is 7.61. The Kier molecular flexibility index (Phi) is 5.50. The summed E-state index contributed by atoms with van der Waals surface area (Å²) in [7, 11) is 0. The zero-order valence-electron chi connectivity index (χ0n) is 16.1. The number of hydrogen-bond donors (Lipinski definition) is 7. The number of Topliss-reactive ketones (excluding diaryl/α,β-unsaturated/α-hetero) is 1. The van der Waals surface area contributed by atoms with E-state index in [9.17, 15) is 40.5 Å². The standard InChI is InChI=1S/C21H22O10/c22-7-15-17(27)18(28)19(29)21(31-15)16-11(24)4-2-9-12(25)6-14(30-20(9)16)8-1-3-10(23)13(26)5-8/h1-5,14-15,17-19,21-24,26-29H,6-7H2. The molecule has 0 amide bonds. The van der Waals surface area contributed by atoms with Crippen molar-refractivity contribution in [2.75, 3.05) is 6.61 Å². The van der Waals surface area contributed by atoms with Crippen LogP contribution in [0.1, 0.15) is 40.1 Å². The predicted octanol–water partition coefficient (Wildman–Crippen LogP) is 0.0248. The SMILES string of the molecule is O=C1CC(c2ccc(O)c(O)c2)Oc2c1ccc(O)c2C1OC(CO)C(O)C(O)C1O. The number of phenolic OH excluding ortho intramolecular Hbond substituents is 3. The lowest BCUT2D eigenvalue weighted by Crippen LogP contribution is -2.55. The number of ether oxygens (including phenoxy) is 2. The average Bonchev–Trinajstić information content (AvgIpc) is 2.74. The summed E-state index contributed by atoms with van der Waals surface area (Å²) in [6.07, 6.45) is -8.56. The minimum Gasteiger partial charge on any atom is -0.507 e. The molecule has 2 aliphatic rings. The Balaban J connectivity index is 1.78. The normalized spacial score (nSPS) is 30.5. The first-order valence-electron chi connectivity index (χ1n) is 9.61. The highest BCUT2D eigenvalue weighted by molar-refractivity contribution is 6.00. The van der Waals surface area contributed by atoms with E-state index in [0.29, 0.717) is 5.56 Å². The van der Waals surface area contributed by atoms with Crippen LogP contribution in [0.5, 0.6) is 23.0 Å². The van der Waals surface area contributed by atoms with Gasteiger partial charge < -0.3 is 45.2 Å². The minimum absolute atomic E-state index is 0.0851. The molecule has 10 nitrogen and oxygen atoms in total. The van der Waals surface area contributed by atoms with Crippen LogP contribution < -0.4 is 4.74 Å². The molecule has 0 aliphatic carbocycles. The van der Waals surface area contributed by atoms with E-state index in [1.54, 1.807) is 0 Å². The first-order chi connectivity index (χ1) is 14.7. The topological polar surface area (TPSA) is 177 Å². The number of benzene rings is 2. The number of aromatic hydroxyl groups is 3. The van der Waals surface area contributed by atoms with Crippen molar-refractivity contribution >= 4 is 5.78 Å². The number of carbonyl (C=O) groups is 1. The Hall–Kier alpha value is -2.89. The first kappa shape index (κ1) is 21.3. The molecule has 2 aromatic rings. The van der Waals surface area contributed by atoms with Gasteiger partial charge in [-0.1, -0.05) is 6.07 Å². The van der Waals surface area contributed by atoms with E-state index in [4.69, 9.17) is 9.47 Å². The maximum Gasteiger partial charge on any atom is 0.170 e. The first-order valence-corrected chi connectivity index (χ1v) is 9.61. The molecule has 0 saturated carbocycles. The van der Waals surface area contributed by atoms with Gasteiger partial charge in [0, 0.05) is 0 Å². The second-order valence-electron chi connectivity index (χ2n) is 7.61. The van der Waals surface area contributed by atoms with Gasteiger partial charge in [0.1, 0.15) is 48.1 Å². The second kappa shape index (κ2) is 7.98. The number of fused-ring (bicyclic) bond motifs is 1. The highest BCUT2D eigenvalue weighted by Crippen LogP contribution is 2.47. The zero-order chi connectivity index (χ0) is 22.4. The Labute approximate surface area is 176 Å². The molecule has 10 heteroatoms. The van der Waals surface area contributed by atoms with Crippen LogP contribution in [-0.4, -0.2) is 72.6 Å². The molecule has 0 spiro atoms. The number of aliphatic hydroxyl groups excluding tert-OH is 4. The molecule has 1 fully saturated rings. The van der Waals surface area contributed by atoms with Crippen molar-refractivity contribution in [1.29, 1.82) is 0 Å². The molecule has 1 saturated heterocycles. The highest BCUT2D eigenvalue weighted by atomic mass is 16.5. The van der Waals surface area contributed by atoms with E-state index >= 15 is 0 Å². The summed E-state index contributed by atoms with van der Waals surface area (Å²) >= 11 is 0. The molecule has 6 atom stereocenters. The van der Waals surface area contributed by atoms with Crippen LogP contribution in [0, 0.1) is 0 Å². The van der Waals surface area contributed by atoms with E-state index in [1.165, 1.54) is 30.3 Å². The quantitative estimate of drug-likeness (QED) is 0.326. The van der Waals surface area contributed by atoms with Crippen molar-refractivity contribution < 1.29 is 50.0 Å². The van der Waals surface area contributed by atoms with Crippen LogP contribution in [-0.2, 0) is 4.74 Å². The van der Waals surface area contributed by atoms with Gasteiger partial charge in [-0.25, -0.2) is 0 Å². The lowest BCUT2D eigenvalue weighted by atomic mass is 9.87. The summed E-state index contributed by atoms with van der Waals surface area (Å²) in [5.74, 6) is -1.55. The van der Waals surface area contributed by atoms with Gasteiger partial charge in [0.05, 0.1) is 24.2 Å². The third-order valence-corrected chi connectivity index (χ3v) is 5.65. The molecule has 4 rings (SSSR count). The largest absolute Gasteiger partial charge is 0.507 e. The maximum atomic E-state index is 12.8. The van der Waals surface area contributed by atoms with Crippen molar-refractivity contribution in [3.8, 4) is 23.0 Å². The molecule has 6 unspecified atom stereocenters. The number of carbonyl (C=O) groups excluding carboxylic acids is 1. The highest BCUT2D eigenvalue weighted by Gasteiger charge is 2.47. The van der Waals surface area contributed by atoms with Gasteiger partial charge in [-0.2, -0.15) is 0 Å². The van der Waals surface area contributed by atoms with Crippen LogP contribution >= 0.6 is 0 Å². The number of hydrogen-bond acceptors (Lipinski definition) is 10. The molecule has 166 valence electrons. The third-order valence-electron chi connectivity index (χ3n) is 5.65. The van der Waals surface area contributed by atoms with Crippen LogP contribution in [0.25, 0.3) is 0 Å². The van der Waals surface area contributed by atoms with Crippen molar-refractivity contribution in [3.05, 3.63) is 47.0 Å². The number of aliphatic hydroxyl groups is 4. The van der Waals surface area contributed by atoms with E-state index in [2.05, 4.69) is 0 Å². The molecule has 31 heavy (non-hydrogen) atoms. The summed E-state index contributed by atoms with van der Waals surface area (Å²) in [5, 5.41) is 69.9. The van der Waals surface area contributed by atoms with Gasteiger partial charge in [0.25, 0.3) is 0 Å². The van der Waals surface area contributed by atoms with E-state index < -0.39 is 49.0 Å². The van der Waals surface area contributed by atoms with Crippen LogP contribution in [0.4, 0.5) is 0 Å². The molecular weight excluding hydrogens is 412 g/mol. The Bertz CT molecular complexity index is 1000. The molecule has 7 N–H and O–H groups in total. The van der Waals surface area contributed by atoms with Gasteiger partial charge in [0.15, 0.2) is 17.3 Å². The zero-order valence-corrected chi connectivity index (χ0v) is 16.1. The molecule has 0 aromatic heterocycles. The van der Waals surface area contributed by atoms with Crippen LogP contribution in [0.3, 0.4) is 0 Å². The summed E-state index contributed by atoms with van der Waals surface area (Å²) < 4.78 is 11.5. The van der Waals surface area contributed by atoms with Crippen molar-refractivity contribution in [3.63, 3.8) is 0 Å². The average molecular weight is 434 g/mol. The predicted molar refractivity (Wildman–Crippen MR) is 103 cm³/mol. The Morgan fingerprint density at radius 2 is 1.61 bits per heavy atom. The molecule has 0 bridgehead atoms. The lowest BCUT2D eigenvalue weighted by Gasteiger charge is -2.41. The third kappa shape index (κ3) is 3.58. The molecule has 0 radical (unpaired) electrons. The van der Waals surface area contributed by atoms with E-state index in [-0.39, 0.29) is 40.6 Å². The Morgan fingerprint density at radius 1 is 0.903 bits per heavy atom. The molecule has 2 aliphatic heterocycles.